The lowest BCUT2D eigenvalue weighted by Crippen LogP contribution is -2.62. The van der Waals surface area contributed by atoms with Gasteiger partial charge in [-0.15, -0.1) is 0 Å². The van der Waals surface area contributed by atoms with Crippen LogP contribution in [0, 0.1) is 0 Å². The van der Waals surface area contributed by atoms with E-state index in [2.05, 4.69) is 0 Å². The molecular weight excluding hydrogens is 189 g/mol. The van der Waals surface area contributed by atoms with E-state index < -0.39 is 10.4 Å². The molecule has 1 fully saturated rings. The van der Waals surface area contributed by atoms with E-state index in [1.54, 1.807) is 6.92 Å². The van der Waals surface area contributed by atoms with Crippen LogP contribution in [0.5, 0.6) is 0 Å². The normalized spacial score (nSPS) is 21.7. The first-order chi connectivity index (χ1) is 4.92. The summed E-state index contributed by atoms with van der Waals surface area (Å²) < 4.78 is 0. The van der Waals surface area contributed by atoms with Crippen molar-refractivity contribution in [1.82, 2.24) is 4.90 Å². The molecule has 0 unspecified atom stereocenters. The van der Waals surface area contributed by atoms with Crippen LogP contribution in [0.15, 0.2) is 0 Å². The average molecular weight is 198 g/mol. The lowest BCUT2D eigenvalue weighted by molar-refractivity contribution is -0.150. The number of rotatable bonds is 1. The maximum atomic E-state index is 11.0. The molecule has 0 aromatic carbocycles. The van der Waals surface area contributed by atoms with Crippen LogP contribution in [-0.2, 0) is 4.79 Å². The second-order valence-electron chi connectivity index (χ2n) is 2.99. The Morgan fingerprint density at radius 1 is 1.64 bits per heavy atom. The van der Waals surface area contributed by atoms with Crippen LogP contribution in [-0.4, -0.2) is 39.4 Å². The van der Waals surface area contributed by atoms with E-state index >= 15 is 0 Å². The molecule has 0 spiro atoms. The minimum Gasteiger partial charge on any atom is -0.386 e. The monoisotopic (exact) mass is 197 g/mol. The largest absolute Gasteiger partial charge is 0.386 e. The summed E-state index contributed by atoms with van der Waals surface area (Å²) in [4.78, 5) is 11.4. The number of carbonyl (C=O) groups is 1. The topological polar surface area (TPSA) is 40.5 Å². The van der Waals surface area contributed by atoms with Gasteiger partial charge in [0, 0.05) is 0 Å². The molecule has 0 aromatic heterocycles. The molecule has 0 radical (unpaired) electrons. The van der Waals surface area contributed by atoms with Gasteiger partial charge in [-0.2, -0.15) is 0 Å². The maximum Gasteiger partial charge on any atom is 0.256 e. The average Bonchev–Trinajstić information content (AvgIpc) is 1.80. The molecule has 1 N–H and O–H groups in total. The third-order valence-electron chi connectivity index (χ3n) is 1.56. The number of amides is 1. The van der Waals surface area contributed by atoms with Crippen LogP contribution in [0.3, 0.4) is 0 Å². The Balaban J connectivity index is 2.38. The highest BCUT2D eigenvalue weighted by Crippen LogP contribution is 2.22. The predicted octanol–water partition coefficient (Wildman–Crippen LogP) is 0.383. The third kappa shape index (κ3) is 1.98. The van der Waals surface area contributed by atoms with Crippen molar-refractivity contribution in [3.05, 3.63) is 0 Å². The number of β-amino-alcohol motifs (C(OH)–C–C–N with tert-alkyl or cyclic N) is 1. The number of halogens is 2. The third-order valence-corrected chi connectivity index (χ3v) is 1.93. The van der Waals surface area contributed by atoms with Crippen molar-refractivity contribution in [3.8, 4) is 0 Å². The van der Waals surface area contributed by atoms with E-state index in [9.17, 15) is 9.90 Å². The fraction of sp³-hybridized carbons (Fsp3) is 0.833. The molecule has 1 amide bonds. The summed E-state index contributed by atoms with van der Waals surface area (Å²) in [5.41, 5.74) is -0.752. The SMILES string of the molecule is CC1(O)CN(C(=O)C(Cl)Cl)C1. The standard InChI is InChI=1S/C6H9Cl2NO2/c1-6(11)2-9(3-6)5(10)4(7)8/h4,11H,2-3H2,1H3. The maximum absolute atomic E-state index is 11.0. The van der Waals surface area contributed by atoms with Gasteiger partial charge in [0.1, 0.15) is 0 Å². The fourth-order valence-electron chi connectivity index (χ4n) is 1.07. The second-order valence-corrected chi connectivity index (χ2v) is 4.09. The molecule has 0 saturated carbocycles. The lowest BCUT2D eigenvalue weighted by atomic mass is 9.97. The van der Waals surface area contributed by atoms with Crippen molar-refractivity contribution in [2.75, 3.05) is 13.1 Å². The Bertz CT molecular complexity index is 173. The van der Waals surface area contributed by atoms with E-state index in [1.165, 1.54) is 4.90 Å². The first-order valence-corrected chi connectivity index (χ1v) is 4.09. The Hall–Kier alpha value is 0.01000. The highest BCUT2D eigenvalue weighted by molar-refractivity contribution is 6.53. The molecule has 1 aliphatic heterocycles. The van der Waals surface area contributed by atoms with Crippen LogP contribution in [0.1, 0.15) is 6.92 Å². The van der Waals surface area contributed by atoms with Crippen molar-refractivity contribution in [2.24, 2.45) is 0 Å². The van der Waals surface area contributed by atoms with Gasteiger partial charge in [-0.3, -0.25) is 4.79 Å². The van der Waals surface area contributed by atoms with E-state index in [4.69, 9.17) is 23.2 Å². The van der Waals surface area contributed by atoms with Gasteiger partial charge in [0.25, 0.3) is 5.91 Å². The molecule has 3 nitrogen and oxygen atoms in total. The number of hydrogen-bond donors (Lipinski definition) is 1. The first kappa shape index (κ1) is 9.10. The molecule has 1 saturated heterocycles. The van der Waals surface area contributed by atoms with Gasteiger partial charge in [0.15, 0.2) is 4.84 Å². The van der Waals surface area contributed by atoms with Gasteiger partial charge in [-0.05, 0) is 6.92 Å². The number of hydrogen-bond acceptors (Lipinski definition) is 2. The highest BCUT2D eigenvalue weighted by atomic mass is 35.5. The van der Waals surface area contributed by atoms with Crippen LogP contribution in [0.25, 0.3) is 0 Å². The number of nitrogens with zero attached hydrogens (tertiary/aromatic N) is 1. The van der Waals surface area contributed by atoms with E-state index in [-0.39, 0.29) is 5.91 Å². The summed E-state index contributed by atoms with van der Waals surface area (Å²) in [6.45, 7) is 2.30. The Morgan fingerprint density at radius 2 is 2.09 bits per heavy atom. The summed E-state index contributed by atoms with van der Waals surface area (Å²) in [6, 6.07) is 0. The molecule has 0 bridgehead atoms. The molecule has 11 heavy (non-hydrogen) atoms. The zero-order valence-corrected chi connectivity index (χ0v) is 7.56. The molecule has 0 atom stereocenters. The predicted molar refractivity (Wildman–Crippen MR) is 42.7 cm³/mol. The molecule has 1 aliphatic rings. The van der Waals surface area contributed by atoms with Gasteiger partial charge < -0.3 is 10.0 Å². The summed E-state index contributed by atoms with van der Waals surface area (Å²) in [5.74, 6) is -0.333. The van der Waals surface area contributed by atoms with Gasteiger partial charge >= 0.3 is 0 Å². The van der Waals surface area contributed by atoms with Crippen LogP contribution in [0.2, 0.25) is 0 Å². The van der Waals surface area contributed by atoms with Crippen molar-refractivity contribution >= 4 is 29.1 Å². The molecule has 1 heterocycles. The number of likely N-dealkylation sites (tertiary alicyclic amines) is 1. The van der Waals surface area contributed by atoms with Gasteiger partial charge in [-0.1, -0.05) is 23.2 Å². The van der Waals surface area contributed by atoms with Crippen molar-refractivity contribution in [1.29, 1.82) is 0 Å². The summed E-state index contributed by atoms with van der Waals surface area (Å²) in [5, 5.41) is 9.23. The minimum atomic E-state index is -1.01. The summed E-state index contributed by atoms with van der Waals surface area (Å²) in [7, 11) is 0. The zero-order valence-electron chi connectivity index (χ0n) is 6.05. The zero-order chi connectivity index (χ0) is 8.65. The van der Waals surface area contributed by atoms with Crippen molar-refractivity contribution in [2.45, 2.75) is 17.4 Å². The second kappa shape index (κ2) is 2.81. The number of carbonyl (C=O) groups excluding carboxylic acids is 1. The Labute approximate surface area is 74.9 Å². The van der Waals surface area contributed by atoms with E-state index in [0.717, 1.165) is 0 Å². The fourth-order valence-corrected chi connectivity index (χ4v) is 1.35. The molecular formula is C6H9Cl2NO2. The summed E-state index contributed by atoms with van der Waals surface area (Å²) >= 11 is 10.6. The molecule has 0 aromatic rings. The number of aliphatic hydroxyl groups is 1. The Morgan fingerprint density at radius 3 is 2.36 bits per heavy atom. The van der Waals surface area contributed by atoms with Gasteiger partial charge in [0.05, 0.1) is 18.7 Å². The Kier molecular flexibility index (Phi) is 2.32. The highest BCUT2D eigenvalue weighted by Gasteiger charge is 2.40. The van der Waals surface area contributed by atoms with E-state index in [0.29, 0.717) is 13.1 Å². The molecule has 1 rings (SSSR count). The van der Waals surface area contributed by atoms with Crippen molar-refractivity contribution < 1.29 is 9.90 Å². The van der Waals surface area contributed by atoms with Crippen molar-refractivity contribution in [3.63, 3.8) is 0 Å². The van der Waals surface area contributed by atoms with E-state index in [1.807, 2.05) is 0 Å². The molecule has 64 valence electrons. The van der Waals surface area contributed by atoms with Gasteiger partial charge in [0.2, 0.25) is 0 Å². The minimum absolute atomic E-state index is 0.321. The lowest BCUT2D eigenvalue weighted by Gasteiger charge is -2.44. The quantitative estimate of drug-likeness (QED) is 0.619. The molecule has 5 heteroatoms. The summed E-state index contributed by atoms with van der Waals surface area (Å²) in [6.07, 6.45) is 0. The smallest absolute Gasteiger partial charge is 0.256 e. The first-order valence-electron chi connectivity index (χ1n) is 3.22. The van der Waals surface area contributed by atoms with Crippen LogP contribution in [0.4, 0.5) is 0 Å². The number of alkyl halides is 2. The van der Waals surface area contributed by atoms with Gasteiger partial charge in [-0.25, -0.2) is 0 Å². The van der Waals surface area contributed by atoms with Crippen LogP contribution < -0.4 is 0 Å². The molecule has 0 aliphatic carbocycles. The van der Waals surface area contributed by atoms with Crippen LogP contribution >= 0.6 is 23.2 Å².